The van der Waals surface area contributed by atoms with Gasteiger partial charge in [-0.1, -0.05) is 18.5 Å². The molecule has 0 radical (unpaired) electrons. The Hall–Kier alpha value is -2.82. The van der Waals surface area contributed by atoms with Gasteiger partial charge in [0.2, 0.25) is 15.9 Å². The summed E-state index contributed by atoms with van der Waals surface area (Å²) < 4.78 is 34.7. The summed E-state index contributed by atoms with van der Waals surface area (Å²) in [6.07, 6.45) is 1.72. The molecule has 0 aliphatic carbocycles. The molecule has 0 bridgehead atoms. The SMILES string of the molecule is CC[C@H](C)NS(=O)(=O)c1cc(NC(=O)COc2ccc(Cl)cc2)ccc1N1CCC(C(N)=O)CC1. The van der Waals surface area contributed by atoms with E-state index in [-0.39, 0.29) is 29.4 Å². The molecule has 1 heterocycles. The lowest BCUT2D eigenvalue weighted by Gasteiger charge is -2.33. The predicted molar refractivity (Wildman–Crippen MR) is 136 cm³/mol. The zero-order valence-electron chi connectivity index (χ0n) is 19.8. The van der Waals surface area contributed by atoms with E-state index in [1.807, 2.05) is 11.8 Å². The molecule has 1 saturated heterocycles. The van der Waals surface area contributed by atoms with Gasteiger partial charge in [-0.15, -0.1) is 0 Å². The molecular formula is C24H31ClN4O5S. The van der Waals surface area contributed by atoms with Gasteiger partial charge >= 0.3 is 0 Å². The van der Waals surface area contributed by atoms with Crippen LogP contribution in [0.5, 0.6) is 5.75 Å². The normalized spacial score (nSPS) is 15.5. The van der Waals surface area contributed by atoms with Crippen LogP contribution in [0.3, 0.4) is 0 Å². The van der Waals surface area contributed by atoms with Crippen molar-refractivity contribution in [1.29, 1.82) is 0 Å². The second kappa shape index (κ2) is 11.7. The Labute approximate surface area is 211 Å². The highest BCUT2D eigenvalue weighted by molar-refractivity contribution is 7.89. The summed E-state index contributed by atoms with van der Waals surface area (Å²) in [7, 11) is -3.88. The fourth-order valence-electron chi connectivity index (χ4n) is 3.76. The molecule has 1 aliphatic heterocycles. The Morgan fingerprint density at radius 3 is 2.43 bits per heavy atom. The summed E-state index contributed by atoms with van der Waals surface area (Å²) in [6.45, 7) is 4.42. The number of piperidine rings is 1. The molecule has 4 N–H and O–H groups in total. The number of anilines is 2. The fraction of sp³-hybridized carbons (Fsp3) is 0.417. The van der Waals surface area contributed by atoms with E-state index in [4.69, 9.17) is 22.1 Å². The number of benzene rings is 2. The van der Waals surface area contributed by atoms with Crippen LogP contribution >= 0.6 is 11.6 Å². The minimum Gasteiger partial charge on any atom is -0.484 e. The van der Waals surface area contributed by atoms with E-state index in [1.165, 1.54) is 6.07 Å². The van der Waals surface area contributed by atoms with E-state index in [1.54, 1.807) is 43.3 Å². The van der Waals surface area contributed by atoms with Gasteiger partial charge in [0.05, 0.1) is 5.69 Å². The number of ether oxygens (including phenoxy) is 1. The number of nitrogens with one attached hydrogen (secondary N) is 2. The molecule has 1 fully saturated rings. The van der Waals surface area contributed by atoms with Gasteiger partial charge in [0, 0.05) is 35.8 Å². The highest BCUT2D eigenvalue weighted by Crippen LogP contribution is 2.32. The monoisotopic (exact) mass is 522 g/mol. The first kappa shape index (κ1) is 26.8. The van der Waals surface area contributed by atoms with Crippen molar-refractivity contribution in [2.75, 3.05) is 29.9 Å². The molecule has 190 valence electrons. The lowest BCUT2D eigenvalue weighted by molar-refractivity contribution is -0.122. The maximum atomic E-state index is 13.3. The number of nitrogens with zero attached hydrogens (tertiary/aromatic N) is 1. The van der Waals surface area contributed by atoms with Crippen molar-refractivity contribution in [3.05, 3.63) is 47.5 Å². The maximum Gasteiger partial charge on any atom is 0.262 e. The summed E-state index contributed by atoms with van der Waals surface area (Å²) in [6, 6.07) is 11.1. The van der Waals surface area contributed by atoms with Gasteiger partial charge < -0.3 is 20.7 Å². The number of carbonyl (C=O) groups is 2. The van der Waals surface area contributed by atoms with Crippen LogP contribution in [0, 0.1) is 5.92 Å². The summed E-state index contributed by atoms with van der Waals surface area (Å²) >= 11 is 5.85. The average Bonchev–Trinajstić information content (AvgIpc) is 2.83. The molecule has 9 nitrogen and oxygen atoms in total. The first-order valence-electron chi connectivity index (χ1n) is 11.5. The van der Waals surface area contributed by atoms with E-state index >= 15 is 0 Å². The molecule has 2 aromatic carbocycles. The number of amides is 2. The van der Waals surface area contributed by atoms with E-state index in [2.05, 4.69) is 10.0 Å². The van der Waals surface area contributed by atoms with Crippen LogP contribution in [0.25, 0.3) is 0 Å². The third kappa shape index (κ3) is 7.33. The van der Waals surface area contributed by atoms with Crippen molar-refractivity contribution in [1.82, 2.24) is 4.72 Å². The van der Waals surface area contributed by atoms with E-state index < -0.39 is 15.9 Å². The number of primary amides is 1. The van der Waals surface area contributed by atoms with E-state index in [0.29, 0.717) is 54.5 Å². The van der Waals surface area contributed by atoms with E-state index in [9.17, 15) is 18.0 Å². The standard InChI is InChI=1S/C24H31ClN4O5S/c1-3-16(2)28-35(32,33)22-14-19(27-23(30)15-34-20-7-4-18(25)5-8-20)6-9-21(22)29-12-10-17(11-13-29)24(26)31/h4-9,14,16-17,28H,3,10-13,15H2,1-2H3,(H2,26,31)(H,27,30)/t16-/m0/s1. The van der Waals surface area contributed by atoms with Crippen LogP contribution in [-0.4, -0.2) is 46.0 Å². The Kier molecular flexibility index (Phi) is 8.98. The van der Waals surface area contributed by atoms with Crippen molar-refractivity contribution in [3.63, 3.8) is 0 Å². The number of sulfonamides is 1. The summed E-state index contributed by atoms with van der Waals surface area (Å²) in [4.78, 5) is 26.0. The van der Waals surface area contributed by atoms with E-state index in [0.717, 1.165) is 0 Å². The molecule has 35 heavy (non-hydrogen) atoms. The number of rotatable bonds is 10. The third-order valence-corrected chi connectivity index (χ3v) is 7.79. The lowest BCUT2D eigenvalue weighted by atomic mass is 9.96. The van der Waals surface area contributed by atoms with Crippen LogP contribution < -0.4 is 25.4 Å². The maximum absolute atomic E-state index is 13.3. The van der Waals surface area contributed by atoms with Crippen molar-refractivity contribution >= 4 is 44.8 Å². The minimum atomic E-state index is -3.88. The molecule has 11 heteroatoms. The van der Waals surface area contributed by atoms with Crippen LogP contribution in [0.2, 0.25) is 5.02 Å². The number of carbonyl (C=O) groups excluding carboxylic acids is 2. The van der Waals surface area contributed by atoms with Crippen molar-refractivity contribution in [3.8, 4) is 5.75 Å². The van der Waals surface area contributed by atoms with Gasteiger partial charge in [0.1, 0.15) is 10.6 Å². The van der Waals surface area contributed by atoms with Gasteiger partial charge in [-0.05, 0) is 68.7 Å². The molecule has 3 rings (SSSR count). The smallest absolute Gasteiger partial charge is 0.262 e. The molecule has 2 aromatic rings. The molecule has 0 spiro atoms. The van der Waals surface area contributed by atoms with Crippen molar-refractivity contribution in [2.45, 2.75) is 44.0 Å². The predicted octanol–water partition coefficient (Wildman–Crippen LogP) is 3.14. The largest absolute Gasteiger partial charge is 0.484 e. The highest BCUT2D eigenvalue weighted by atomic mass is 35.5. The zero-order valence-corrected chi connectivity index (χ0v) is 21.4. The second-order valence-electron chi connectivity index (χ2n) is 8.57. The van der Waals surface area contributed by atoms with Crippen LogP contribution in [0.4, 0.5) is 11.4 Å². The lowest BCUT2D eigenvalue weighted by Crippen LogP contribution is -2.40. The average molecular weight is 523 g/mol. The number of nitrogens with two attached hydrogens (primary N) is 1. The third-order valence-electron chi connectivity index (χ3n) is 5.92. The Bertz CT molecular complexity index is 1150. The molecule has 1 atom stereocenters. The summed E-state index contributed by atoms with van der Waals surface area (Å²) in [5.74, 6) is -0.507. The number of hydrogen-bond acceptors (Lipinski definition) is 6. The van der Waals surface area contributed by atoms with Crippen LogP contribution in [-0.2, 0) is 19.6 Å². The number of halogens is 1. The topological polar surface area (TPSA) is 131 Å². The van der Waals surface area contributed by atoms with Crippen LogP contribution in [0.1, 0.15) is 33.1 Å². The molecular weight excluding hydrogens is 492 g/mol. The molecule has 0 aromatic heterocycles. The van der Waals surface area contributed by atoms with Gasteiger partial charge in [-0.3, -0.25) is 9.59 Å². The van der Waals surface area contributed by atoms with Gasteiger partial charge in [-0.2, -0.15) is 0 Å². The zero-order chi connectivity index (χ0) is 25.6. The van der Waals surface area contributed by atoms with Gasteiger partial charge in [-0.25, -0.2) is 13.1 Å². The Morgan fingerprint density at radius 2 is 1.83 bits per heavy atom. The Morgan fingerprint density at radius 1 is 1.17 bits per heavy atom. The molecule has 1 aliphatic rings. The molecule has 0 saturated carbocycles. The quantitative estimate of drug-likeness (QED) is 0.439. The highest BCUT2D eigenvalue weighted by Gasteiger charge is 2.28. The molecule has 2 amide bonds. The number of hydrogen-bond donors (Lipinski definition) is 3. The fourth-order valence-corrected chi connectivity index (χ4v) is 5.47. The second-order valence-corrected chi connectivity index (χ2v) is 10.7. The van der Waals surface area contributed by atoms with Crippen molar-refractivity contribution < 1.29 is 22.7 Å². The van der Waals surface area contributed by atoms with Gasteiger partial charge in [0.25, 0.3) is 5.91 Å². The summed E-state index contributed by atoms with van der Waals surface area (Å²) in [5.41, 5.74) is 6.28. The van der Waals surface area contributed by atoms with Gasteiger partial charge in [0.15, 0.2) is 6.61 Å². The molecule has 0 unspecified atom stereocenters. The van der Waals surface area contributed by atoms with Crippen LogP contribution in [0.15, 0.2) is 47.4 Å². The van der Waals surface area contributed by atoms with Crippen molar-refractivity contribution in [2.24, 2.45) is 11.7 Å². The first-order valence-corrected chi connectivity index (χ1v) is 13.3. The first-order chi connectivity index (χ1) is 16.6. The summed E-state index contributed by atoms with van der Waals surface area (Å²) in [5, 5.41) is 3.25. The Balaban J connectivity index is 1.80. The minimum absolute atomic E-state index is 0.0618.